The van der Waals surface area contributed by atoms with E-state index in [0.717, 1.165) is 24.1 Å². The highest BCUT2D eigenvalue weighted by atomic mass is 16.3. The summed E-state index contributed by atoms with van der Waals surface area (Å²) in [5.74, 6) is 0.0947. The molecule has 1 fully saturated rings. The van der Waals surface area contributed by atoms with Crippen molar-refractivity contribution in [2.75, 3.05) is 5.32 Å². The average molecular weight is 219 g/mol. The highest BCUT2D eigenvalue weighted by Crippen LogP contribution is 2.45. The standard InChI is InChI=1S/C13H17NO2/c1-9(15)10-3-5-11(6-4-10)14-12(16)13(2)7-8-13/h3-6,9,15H,7-8H2,1-2H3,(H,14,16)/t9-/m0/s1. The van der Waals surface area contributed by atoms with E-state index in [2.05, 4.69) is 5.32 Å². The van der Waals surface area contributed by atoms with Crippen LogP contribution in [0.25, 0.3) is 0 Å². The van der Waals surface area contributed by atoms with Gasteiger partial charge in [0.25, 0.3) is 0 Å². The van der Waals surface area contributed by atoms with E-state index in [1.54, 1.807) is 6.92 Å². The number of benzene rings is 1. The first-order valence-corrected chi connectivity index (χ1v) is 5.61. The number of amides is 1. The maximum Gasteiger partial charge on any atom is 0.230 e. The first-order chi connectivity index (χ1) is 7.51. The van der Waals surface area contributed by atoms with Crippen molar-refractivity contribution in [3.63, 3.8) is 0 Å². The maximum absolute atomic E-state index is 11.8. The van der Waals surface area contributed by atoms with E-state index in [1.165, 1.54) is 0 Å². The predicted octanol–water partition coefficient (Wildman–Crippen LogP) is 2.48. The second kappa shape index (κ2) is 3.91. The number of carbonyl (C=O) groups excluding carboxylic acids is 1. The Morgan fingerprint density at radius 3 is 2.38 bits per heavy atom. The molecule has 0 aromatic heterocycles. The minimum Gasteiger partial charge on any atom is -0.389 e. The third kappa shape index (κ3) is 2.25. The molecule has 1 amide bonds. The summed E-state index contributed by atoms with van der Waals surface area (Å²) in [5.41, 5.74) is 1.50. The summed E-state index contributed by atoms with van der Waals surface area (Å²) in [7, 11) is 0. The largest absolute Gasteiger partial charge is 0.389 e. The second-order valence-electron chi connectivity index (χ2n) is 4.81. The molecule has 0 bridgehead atoms. The molecule has 2 rings (SSSR count). The van der Waals surface area contributed by atoms with E-state index >= 15 is 0 Å². The molecular weight excluding hydrogens is 202 g/mol. The molecule has 3 nitrogen and oxygen atoms in total. The van der Waals surface area contributed by atoms with Crippen LogP contribution in [-0.4, -0.2) is 11.0 Å². The van der Waals surface area contributed by atoms with Crippen LogP contribution in [0, 0.1) is 5.41 Å². The number of anilines is 1. The molecule has 16 heavy (non-hydrogen) atoms. The topological polar surface area (TPSA) is 49.3 Å². The Morgan fingerprint density at radius 2 is 1.94 bits per heavy atom. The number of hydrogen-bond acceptors (Lipinski definition) is 2. The lowest BCUT2D eigenvalue weighted by Gasteiger charge is -2.11. The predicted molar refractivity (Wildman–Crippen MR) is 63.0 cm³/mol. The van der Waals surface area contributed by atoms with E-state index in [4.69, 9.17) is 0 Å². The first kappa shape index (κ1) is 11.1. The van der Waals surface area contributed by atoms with Crippen molar-refractivity contribution in [1.82, 2.24) is 0 Å². The second-order valence-corrected chi connectivity index (χ2v) is 4.81. The molecule has 1 atom stereocenters. The Labute approximate surface area is 95.5 Å². The fraction of sp³-hybridized carbons (Fsp3) is 0.462. The smallest absolute Gasteiger partial charge is 0.230 e. The Balaban J connectivity index is 2.02. The summed E-state index contributed by atoms with van der Waals surface area (Å²) in [6, 6.07) is 7.31. The molecule has 0 saturated heterocycles. The minimum absolute atomic E-state index is 0.0947. The van der Waals surface area contributed by atoms with E-state index in [0.29, 0.717) is 0 Å². The number of aliphatic hydroxyl groups excluding tert-OH is 1. The van der Waals surface area contributed by atoms with Gasteiger partial charge in [-0.3, -0.25) is 4.79 Å². The Hall–Kier alpha value is -1.35. The summed E-state index contributed by atoms with van der Waals surface area (Å²) in [6.07, 6.45) is 1.49. The van der Waals surface area contributed by atoms with Gasteiger partial charge in [0.15, 0.2) is 0 Å². The van der Waals surface area contributed by atoms with Crippen molar-refractivity contribution < 1.29 is 9.90 Å². The zero-order valence-corrected chi connectivity index (χ0v) is 9.66. The molecular formula is C13H17NO2. The molecule has 86 valence electrons. The van der Waals surface area contributed by atoms with Crippen molar-refractivity contribution in [1.29, 1.82) is 0 Å². The third-order valence-electron chi connectivity index (χ3n) is 3.20. The van der Waals surface area contributed by atoms with Gasteiger partial charge >= 0.3 is 0 Å². The minimum atomic E-state index is -0.467. The van der Waals surface area contributed by atoms with Gasteiger partial charge in [-0.25, -0.2) is 0 Å². The molecule has 0 radical (unpaired) electrons. The molecule has 0 heterocycles. The number of aliphatic hydroxyl groups is 1. The quantitative estimate of drug-likeness (QED) is 0.820. The van der Waals surface area contributed by atoms with Crippen LogP contribution in [0.15, 0.2) is 24.3 Å². The summed E-state index contributed by atoms with van der Waals surface area (Å²) < 4.78 is 0. The van der Waals surface area contributed by atoms with Gasteiger partial charge in [0.2, 0.25) is 5.91 Å². The molecule has 1 aliphatic rings. The normalized spacial score (nSPS) is 18.9. The van der Waals surface area contributed by atoms with Crippen LogP contribution < -0.4 is 5.32 Å². The Morgan fingerprint density at radius 1 is 1.38 bits per heavy atom. The molecule has 1 aromatic rings. The van der Waals surface area contributed by atoms with Gasteiger partial charge in [-0.2, -0.15) is 0 Å². The fourth-order valence-electron chi connectivity index (χ4n) is 1.54. The highest BCUT2D eigenvalue weighted by molar-refractivity contribution is 5.96. The number of carbonyl (C=O) groups is 1. The van der Waals surface area contributed by atoms with Gasteiger partial charge in [0, 0.05) is 11.1 Å². The monoisotopic (exact) mass is 219 g/mol. The van der Waals surface area contributed by atoms with Crippen LogP contribution in [0.4, 0.5) is 5.69 Å². The Bertz CT molecular complexity index is 391. The highest BCUT2D eigenvalue weighted by Gasteiger charge is 2.44. The van der Waals surface area contributed by atoms with Gasteiger partial charge in [0.05, 0.1) is 6.10 Å². The van der Waals surface area contributed by atoms with Crippen LogP contribution in [0.1, 0.15) is 38.4 Å². The molecule has 0 aliphatic heterocycles. The zero-order chi connectivity index (χ0) is 11.8. The lowest BCUT2D eigenvalue weighted by atomic mass is 10.1. The van der Waals surface area contributed by atoms with Crippen molar-refractivity contribution >= 4 is 11.6 Å². The van der Waals surface area contributed by atoms with Gasteiger partial charge in [-0.1, -0.05) is 19.1 Å². The van der Waals surface area contributed by atoms with Crippen LogP contribution in [0.2, 0.25) is 0 Å². The summed E-state index contributed by atoms with van der Waals surface area (Å²) in [5, 5.41) is 12.2. The molecule has 1 saturated carbocycles. The number of rotatable bonds is 3. The molecule has 1 aromatic carbocycles. The van der Waals surface area contributed by atoms with E-state index in [-0.39, 0.29) is 11.3 Å². The van der Waals surface area contributed by atoms with Crippen molar-refractivity contribution in [3.8, 4) is 0 Å². The van der Waals surface area contributed by atoms with Crippen LogP contribution in [-0.2, 0) is 4.79 Å². The van der Waals surface area contributed by atoms with E-state index < -0.39 is 6.10 Å². The Kier molecular flexibility index (Phi) is 2.72. The van der Waals surface area contributed by atoms with Crippen LogP contribution in [0.3, 0.4) is 0 Å². The fourth-order valence-corrected chi connectivity index (χ4v) is 1.54. The van der Waals surface area contributed by atoms with Gasteiger partial charge in [0.1, 0.15) is 0 Å². The van der Waals surface area contributed by atoms with E-state index in [1.807, 2.05) is 31.2 Å². The van der Waals surface area contributed by atoms with Crippen LogP contribution in [0.5, 0.6) is 0 Å². The average Bonchev–Trinajstić information content (AvgIpc) is 2.99. The summed E-state index contributed by atoms with van der Waals surface area (Å²) in [6.45, 7) is 3.70. The zero-order valence-electron chi connectivity index (χ0n) is 9.66. The van der Waals surface area contributed by atoms with Crippen molar-refractivity contribution in [2.24, 2.45) is 5.41 Å². The van der Waals surface area contributed by atoms with E-state index in [9.17, 15) is 9.90 Å². The van der Waals surface area contributed by atoms with Crippen LogP contribution >= 0.6 is 0 Å². The third-order valence-corrected chi connectivity index (χ3v) is 3.20. The number of nitrogens with one attached hydrogen (secondary N) is 1. The lowest BCUT2D eigenvalue weighted by Crippen LogP contribution is -2.21. The van der Waals surface area contributed by atoms with Crippen molar-refractivity contribution in [2.45, 2.75) is 32.8 Å². The maximum atomic E-state index is 11.8. The van der Waals surface area contributed by atoms with Crippen molar-refractivity contribution in [3.05, 3.63) is 29.8 Å². The molecule has 0 unspecified atom stereocenters. The van der Waals surface area contributed by atoms with Gasteiger partial charge in [-0.15, -0.1) is 0 Å². The summed E-state index contributed by atoms with van der Waals surface area (Å²) in [4.78, 5) is 11.8. The molecule has 1 aliphatic carbocycles. The summed E-state index contributed by atoms with van der Waals surface area (Å²) >= 11 is 0. The molecule has 2 N–H and O–H groups in total. The number of hydrogen-bond donors (Lipinski definition) is 2. The SMILES string of the molecule is C[C@H](O)c1ccc(NC(=O)C2(C)CC2)cc1. The molecule has 0 spiro atoms. The lowest BCUT2D eigenvalue weighted by molar-refractivity contribution is -0.120. The molecule has 3 heteroatoms. The van der Waals surface area contributed by atoms with Gasteiger partial charge < -0.3 is 10.4 Å². The van der Waals surface area contributed by atoms with Gasteiger partial charge in [-0.05, 0) is 37.5 Å². The first-order valence-electron chi connectivity index (χ1n) is 5.61.